The second-order valence-corrected chi connectivity index (χ2v) is 4.18. The van der Waals surface area contributed by atoms with Crippen molar-refractivity contribution >= 4 is 0 Å². The van der Waals surface area contributed by atoms with Crippen LogP contribution in [0.4, 0.5) is 17.6 Å². The van der Waals surface area contributed by atoms with Gasteiger partial charge in [0.1, 0.15) is 0 Å². The van der Waals surface area contributed by atoms with Gasteiger partial charge in [0.25, 0.3) is 0 Å². The van der Waals surface area contributed by atoms with E-state index >= 15 is 0 Å². The highest BCUT2D eigenvalue weighted by molar-refractivity contribution is 5.38. The maximum atomic E-state index is 13.5. The van der Waals surface area contributed by atoms with Crippen LogP contribution in [0, 0.1) is 11.7 Å². The van der Waals surface area contributed by atoms with E-state index in [1.165, 1.54) is 0 Å². The number of hydrogen-bond acceptors (Lipinski definition) is 1. The Morgan fingerprint density at radius 3 is 2.71 bits per heavy atom. The van der Waals surface area contributed by atoms with Gasteiger partial charge in [0.05, 0.1) is 0 Å². The van der Waals surface area contributed by atoms with E-state index in [9.17, 15) is 17.6 Å². The van der Waals surface area contributed by atoms with Crippen LogP contribution in [0.1, 0.15) is 27.2 Å². The molecule has 1 atom stereocenters. The monoisotopic (exact) mass is 250 g/mol. The number of halogens is 4. The summed E-state index contributed by atoms with van der Waals surface area (Å²) in [6, 6.07) is 1.76. The standard InChI is InChI=1S/C12H12F4O/c1-7-2-3-8-6-11(17-12(14,15)16)10(13)5-9(8)4-7/h5-7H,2-4H2,1H3/i3D2. The zero-order valence-corrected chi connectivity index (χ0v) is 9.07. The van der Waals surface area contributed by atoms with E-state index in [2.05, 4.69) is 4.74 Å². The highest BCUT2D eigenvalue weighted by Crippen LogP contribution is 2.32. The molecule has 1 aliphatic carbocycles. The van der Waals surface area contributed by atoms with E-state index in [4.69, 9.17) is 2.74 Å². The van der Waals surface area contributed by atoms with Crippen LogP contribution in [0.15, 0.2) is 12.1 Å². The minimum absolute atomic E-state index is 0.0104. The van der Waals surface area contributed by atoms with Crippen LogP contribution in [0.3, 0.4) is 0 Å². The predicted molar refractivity (Wildman–Crippen MR) is 54.3 cm³/mol. The Morgan fingerprint density at radius 2 is 2.06 bits per heavy atom. The molecular weight excluding hydrogens is 236 g/mol. The van der Waals surface area contributed by atoms with Crippen LogP contribution >= 0.6 is 0 Å². The number of ether oxygens (including phenoxy) is 1. The van der Waals surface area contributed by atoms with E-state index in [1.54, 1.807) is 0 Å². The molecule has 17 heavy (non-hydrogen) atoms. The molecule has 2 rings (SSSR count). The van der Waals surface area contributed by atoms with Crippen LogP contribution in [-0.2, 0) is 12.8 Å². The van der Waals surface area contributed by atoms with Gasteiger partial charge in [0, 0.05) is 2.74 Å². The topological polar surface area (TPSA) is 9.23 Å². The van der Waals surface area contributed by atoms with Crippen molar-refractivity contribution in [1.82, 2.24) is 0 Å². The molecule has 94 valence electrons. The van der Waals surface area contributed by atoms with Crippen LogP contribution < -0.4 is 4.74 Å². The average Bonchev–Trinajstić information content (AvgIpc) is 2.17. The number of alkyl halides is 3. The Labute approximate surface area is 99.2 Å². The average molecular weight is 250 g/mol. The Bertz CT molecular complexity index is 499. The van der Waals surface area contributed by atoms with Crippen LogP contribution in [0.2, 0.25) is 0 Å². The Hall–Kier alpha value is -1.26. The molecule has 0 aromatic heterocycles. The summed E-state index contributed by atoms with van der Waals surface area (Å²) in [6.45, 7) is 1.82. The Morgan fingerprint density at radius 1 is 1.35 bits per heavy atom. The lowest BCUT2D eigenvalue weighted by Crippen LogP contribution is -2.19. The first-order valence-corrected chi connectivity index (χ1v) is 5.17. The number of benzene rings is 1. The molecule has 0 heterocycles. The van der Waals surface area contributed by atoms with Crippen molar-refractivity contribution in [3.63, 3.8) is 0 Å². The summed E-state index contributed by atoms with van der Waals surface area (Å²) in [5.41, 5.74) is 0.474. The maximum absolute atomic E-state index is 13.5. The number of fused-ring (bicyclic) bond motifs is 1. The third-order valence-electron chi connectivity index (χ3n) is 2.59. The lowest BCUT2D eigenvalue weighted by atomic mass is 9.85. The summed E-state index contributed by atoms with van der Waals surface area (Å²) in [6.07, 6.45) is -6.14. The van der Waals surface area contributed by atoms with Crippen molar-refractivity contribution < 1.29 is 25.0 Å². The highest BCUT2D eigenvalue weighted by atomic mass is 19.4. The molecule has 0 fully saturated rings. The highest BCUT2D eigenvalue weighted by Gasteiger charge is 2.33. The zero-order valence-electron chi connectivity index (χ0n) is 11.1. The molecule has 0 amide bonds. The van der Waals surface area contributed by atoms with Gasteiger partial charge in [-0.15, -0.1) is 13.2 Å². The van der Waals surface area contributed by atoms with Crippen LogP contribution in [0.5, 0.6) is 5.75 Å². The van der Waals surface area contributed by atoms with Gasteiger partial charge >= 0.3 is 6.36 Å². The minimum Gasteiger partial charge on any atom is -0.403 e. The SMILES string of the molecule is [2H]C1([2H])CC(C)Cc2cc(F)c(OC(F)(F)F)cc21. The van der Waals surface area contributed by atoms with Gasteiger partial charge in [0.2, 0.25) is 0 Å². The molecule has 0 bridgehead atoms. The molecule has 1 aromatic carbocycles. The largest absolute Gasteiger partial charge is 0.573 e. The van der Waals surface area contributed by atoms with Crippen molar-refractivity contribution in [2.75, 3.05) is 0 Å². The van der Waals surface area contributed by atoms with Crippen LogP contribution in [0.25, 0.3) is 0 Å². The normalized spacial score (nSPS) is 24.6. The second kappa shape index (κ2) is 4.20. The molecule has 1 nitrogen and oxygen atoms in total. The zero-order chi connectivity index (χ0) is 14.4. The molecule has 1 unspecified atom stereocenters. The summed E-state index contributed by atoms with van der Waals surface area (Å²) in [7, 11) is 0. The predicted octanol–water partition coefficient (Wildman–Crippen LogP) is 3.85. The van der Waals surface area contributed by atoms with Crippen molar-refractivity contribution in [3.8, 4) is 5.75 Å². The van der Waals surface area contributed by atoms with Crippen LogP contribution in [-0.4, -0.2) is 6.36 Å². The molecule has 0 saturated carbocycles. The van der Waals surface area contributed by atoms with Crippen molar-refractivity contribution in [3.05, 3.63) is 29.1 Å². The number of hydrogen-bond donors (Lipinski definition) is 0. The second-order valence-electron chi connectivity index (χ2n) is 4.18. The Balaban J connectivity index is 2.47. The first-order valence-electron chi connectivity index (χ1n) is 6.17. The quantitative estimate of drug-likeness (QED) is 0.688. The number of rotatable bonds is 1. The minimum atomic E-state index is -5.00. The fourth-order valence-corrected chi connectivity index (χ4v) is 1.86. The third-order valence-corrected chi connectivity index (χ3v) is 2.59. The van der Waals surface area contributed by atoms with Crippen molar-refractivity contribution in [1.29, 1.82) is 0 Å². The molecule has 0 saturated heterocycles. The van der Waals surface area contributed by atoms with Gasteiger partial charge in [-0.1, -0.05) is 6.92 Å². The molecular formula is C12H12F4O. The van der Waals surface area contributed by atoms with Gasteiger partial charge in [-0.05, 0) is 48.4 Å². The lowest BCUT2D eigenvalue weighted by molar-refractivity contribution is -0.275. The molecule has 1 aromatic rings. The van der Waals surface area contributed by atoms with Gasteiger partial charge in [-0.25, -0.2) is 4.39 Å². The summed E-state index contributed by atoms with van der Waals surface area (Å²) in [4.78, 5) is 0. The lowest BCUT2D eigenvalue weighted by Gasteiger charge is -2.22. The van der Waals surface area contributed by atoms with Gasteiger partial charge in [0.15, 0.2) is 11.6 Å². The summed E-state index contributed by atoms with van der Waals surface area (Å²) in [5, 5.41) is 0. The summed E-state index contributed by atoms with van der Waals surface area (Å²) >= 11 is 0. The third kappa shape index (κ3) is 2.90. The molecule has 0 N–H and O–H groups in total. The fourth-order valence-electron chi connectivity index (χ4n) is 1.86. The fraction of sp³-hybridized carbons (Fsp3) is 0.500. The van der Waals surface area contributed by atoms with E-state index in [0.717, 1.165) is 12.1 Å². The van der Waals surface area contributed by atoms with Gasteiger partial charge in [-0.2, -0.15) is 0 Å². The molecule has 1 aliphatic rings. The number of aryl methyl sites for hydroxylation is 1. The smallest absolute Gasteiger partial charge is 0.403 e. The van der Waals surface area contributed by atoms with E-state index in [0.29, 0.717) is 12.0 Å². The molecule has 5 heteroatoms. The van der Waals surface area contributed by atoms with E-state index < -0.39 is 24.3 Å². The summed E-state index contributed by atoms with van der Waals surface area (Å²) < 4.78 is 69.2. The van der Waals surface area contributed by atoms with Gasteiger partial charge < -0.3 is 4.74 Å². The van der Waals surface area contributed by atoms with Gasteiger partial charge in [-0.3, -0.25) is 0 Å². The molecule has 0 spiro atoms. The molecule has 0 radical (unpaired) electrons. The molecule has 0 aliphatic heterocycles. The van der Waals surface area contributed by atoms with Crippen molar-refractivity contribution in [2.45, 2.75) is 32.5 Å². The van der Waals surface area contributed by atoms with Crippen molar-refractivity contribution in [2.24, 2.45) is 5.92 Å². The van der Waals surface area contributed by atoms with E-state index in [-0.39, 0.29) is 17.9 Å². The maximum Gasteiger partial charge on any atom is 0.573 e. The first-order chi connectivity index (χ1) is 8.58. The Kier molecular flexibility index (Phi) is 2.41. The van der Waals surface area contributed by atoms with E-state index in [1.807, 2.05) is 6.92 Å². The summed E-state index contributed by atoms with van der Waals surface area (Å²) in [5.74, 6) is -2.10. The first kappa shape index (κ1) is 9.74.